The van der Waals surface area contributed by atoms with Crippen molar-refractivity contribution in [3.8, 4) is 0 Å². The first-order valence-electron chi connectivity index (χ1n) is 8.73. The number of methoxy groups -OCH3 is 1. The van der Waals surface area contributed by atoms with Crippen LogP contribution in [0.3, 0.4) is 0 Å². The van der Waals surface area contributed by atoms with Crippen molar-refractivity contribution < 1.29 is 23.5 Å². The van der Waals surface area contributed by atoms with E-state index in [2.05, 4.69) is 33.9 Å². The van der Waals surface area contributed by atoms with Crippen molar-refractivity contribution >= 4 is 43.3 Å². The van der Waals surface area contributed by atoms with Crippen LogP contribution in [0.15, 0.2) is 12.2 Å². The van der Waals surface area contributed by atoms with Gasteiger partial charge in [-0.3, -0.25) is 9.59 Å². The maximum absolute atomic E-state index is 12.7. The molecule has 1 fully saturated rings. The smallest absolute Gasteiger partial charge is 0.305 e. The van der Waals surface area contributed by atoms with Crippen LogP contribution in [0.5, 0.6) is 0 Å². The number of ether oxygens (including phenoxy) is 2. The van der Waals surface area contributed by atoms with Gasteiger partial charge in [-0.2, -0.15) is 0 Å². The van der Waals surface area contributed by atoms with E-state index < -0.39 is 30.3 Å². The second-order valence-corrected chi connectivity index (χ2v) is 14.3. The number of Topliss-reactive ketones (excluding diaryl/α,β-unsaturated/α-hetero) is 1. The van der Waals surface area contributed by atoms with Crippen LogP contribution in [0.1, 0.15) is 33.6 Å². The number of hydrogen-bond acceptors (Lipinski definition) is 5. The van der Waals surface area contributed by atoms with Crippen molar-refractivity contribution in [1.82, 2.24) is 0 Å². The summed E-state index contributed by atoms with van der Waals surface area (Å²) in [4.78, 5) is 24.2. The number of fused-ring (bicyclic) bond motifs is 2. The summed E-state index contributed by atoms with van der Waals surface area (Å²) >= 11 is 12.8. The van der Waals surface area contributed by atoms with E-state index >= 15 is 0 Å². The predicted molar refractivity (Wildman–Crippen MR) is 104 cm³/mol. The maximum Gasteiger partial charge on any atom is 0.305 e. The van der Waals surface area contributed by atoms with Gasteiger partial charge in [-0.1, -0.05) is 26.8 Å². The molecule has 0 aromatic carbocycles. The molecule has 0 spiro atoms. The molecule has 0 amide bonds. The number of halogens is 2. The molecule has 5 nitrogen and oxygen atoms in total. The fourth-order valence-electron chi connectivity index (χ4n) is 2.91. The van der Waals surface area contributed by atoms with Crippen molar-refractivity contribution in [2.75, 3.05) is 13.7 Å². The molecule has 2 aliphatic rings. The normalized spacial score (nSPS) is 34.2. The van der Waals surface area contributed by atoms with Crippen LogP contribution in [0, 0.1) is 0 Å². The Morgan fingerprint density at radius 1 is 1.23 bits per heavy atom. The van der Waals surface area contributed by atoms with Gasteiger partial charge in [0.1, 0.15) is 22.0 Å². The van der Waals surface area contributed by atoms with Crippen molar-refractivity contribution in [2.24, 2.45) is 0 Å². The Bertz CT molecular complexity index is 615. The van der Waals surface area contributed by atoms with Crippen LogP contribution in [0.4, 0.5) is 0 Å². The predicted octanol–water partition coefficient (Wildman–Crippen LogP) is 3.82. The van der Waals surface area contributed by atoms with E-state index in [9.17, 15) is 9.59 Å². The zero-order valence-corrected chi connectivity index (χ0v) is 18.7. The van der Waals surface area contributed by atoms with Gasteiger partial charge in [0, 0.05) is 6.42 Å². The van der Waals surface area contributed by atoms with Crippen LogP contribution in [0.2, 0.25) is 18.1 Å². The second-order valence-electron chi connectivity index (χ2n) is 8.60. The fraction of sp³-hybridized carbons (Fsp3) is 0.778. The number of hydrogen-bond donors (Lipinski definition) is 0. The van der Waals surface area contributed by atoms with Crippen LogP contribution in [0.25, 0.3) is 0 Å². The van der Waals surface area contributed by atoms with E-state index in [1.54, 1.807) is 12.2 Å². The van der Waals surface area contributed by atoms with Crippen LogP contribution in [-0.2, 0) is 23.5 Å². The Labute approximate surface area is 166 Å². The largest absolute Gasteiger partial charge is 0.469 e. The molecule has 26 heavy (non-hydrogen) atoms. The lowest BCUT2D eigenvalue weighted by Gasteiger charge is -2.46. The third-order valence-electron chi connectivity index (χ3n) is 5.80. The Balaban J connectivity index is 2.23. The Hall–Kier alpha value is -0.403. The average molecular weight is 423 g/mol. The maximum atomic E-state index is 12.7. The molecule has 2 heterocycles. The molecule has 0 aromatic rings. The van der Waals surface area contributed by atoms with Crippen LogP contribution >= 0.6 is 23.2 Å². The highest BCUT2D eigenvalue weighted by molar-refractivity contribution is 6.74. The molecule has 2 bridgehead atoms. The van der Waals surface area contributed by atoms with Crippen molar-refractivity contribution in [3.63, 3.8) is 0 Å². The molecular formula is C18H28Cl2O5Si. The SMILES string of the molecule is COC(=O)CC[C@]12C=C[C@](CO[Si](C)(C)C(C)(C)C)(O1)[C@@H](Cl)C(=O)[C@H]2Cl. The number of ketones is 1. The van der Waals surface area contributed by atoms with Gasteiger partial charge in [0.2, 0.25) is 0 Å². The van der Waals surface area contributed by atoms with Crippen molar-refractivity contribution in [3.05, 3.63) is 12.2 Å². The molecule has 4 atom stereocenters. The second kappa shape index (κ2) is 7.21. The van der Waals surface area contributed by atoms with Gasteiger partial charge in [-0.15, -0.1) is 23.2 Å². The van der Waals surface area contributed by atoms with Gasteiger partial charge in [0.25, 0.3) is 0 Å². The summed E-state index contributed by atoms with van der Waals surface area (Å²) in [6, 6.07) is 0. The zero-order valence-electron chi connectivity index (χ0n) is 16.2. The summed E-state index contributed by atoms with van der Waals surface area (Å²) in [6.45, 7) is 10.9. The molecule has 8 heteroatoms. The Kier molecular flexibility index (Phi) is 6.07. The lowest BCUT2D eigenvalue weighted by molar-refractivity contribution is -0.162. The molecule has 2 aliphatic heterocycles. The van der Waals surface area contributed by atoms with E-state index in [0.717, 1.165) is 0 Å². The van der Waals surface area contributed by atoms with E-state index in [-0.39, 0.29) is 36.2 Å². The number of esters is 1. The summed E-state index contributed by atoms with van der Waals surface area (Å²) in [7, 11) is -0.739. The topological polar surface area (TPSA) is 61.8 Å². The lowest BCUT2D eigenvalue weighted by atomic mass is 9.87. The lowest BCUT2D eigenvalue weighted by Crippen LogP contribution is -2.62. The molecule has 2 rings (SSSR count). The molecule has 0 N–H and O–H groups in total. The summed E-state index contributed by atoms with van der Waals surface area (Å²) in [5.41, 5.74) is -2.12. The molecule has 0 aromatic heterocycles. The van der Waals surface area contributed by atoms with Gasteiger partial charge in [0.05, 0.1) is 13.7 Å². The summed E-state index contributed by atoms with van der Waals surface area (Å²) in [6.07, 6.45) is 3.91. The zero-order chi connectivity index (χ0) is 20.0. The summed E-state index contributed by atoms with van der Waals surface area (Å²) in [5, 5.41) is -1.86. The highest BCUT2D eigenvalue weighted by Gasteiger charge is 2.62. The number of alkyl halides is 2. The van der Waals surface area contributed by atoms with Crippen LogP contribution < -0.4 is 0 Å². The van der Waals surface area contributed by atoms with Crippen LogP contribution in [-0.4, -0.2) is 55.7 Å². The van der Waals surface area contributed by atoms with Gasteiger partial charge in [-0.25, -0.2) is 0 Å². The van der Waals surface area contributed by atoms with Gasteiger partial charge in [-0.05, 0) is 30.6 Å². The first kappa shape index (κ1) is 21.9. The number of rotatable bonds is 6. The Morgan fingerprint density at radius 2 is 1.77 bits per heavy atom. The van der Waals surface area contributed by atoms with Crippen molar-refractivity contribution in [1.29, 1.82) is 0 Å². The Morgan fingerprint density at radius 3 is 2.31 bits per heavy atom. The van der Waals surface area contributed by atoms with Gasteiger partial charge in [0.15, 0.2) is 14.1 Å². The molecule has 0 saturated carbocycles. The minimum atomic E-state index is -2.06. The third-order valence-corrected chi connectivity index (χ3v) is 11.4. The molecule has 0 unspecified atom stereocenters. The average Bonchev–Trinajstić information content (AvgIpc) is 2.93. The minimum Gasteiger partial charge on any atom is -0.469 e. The summed E-state index contributed by atoms with van der Waals surface area (Å²) < 4.78 is 17.2. The van der Waals surface area contributed by atoms with E-state index in [1.165, 1.54) is 7.11 Å². The first-order valence-corrected chi connectivity index (χ1v) is 12.5. The highest BCUT2D eigenvalue weighted by atomic mass is 35.5. The molecular weight excluding hydrogens is 395 g/mol. The molecule has 148 valence electrons. The van der Waals surface area contributed by atoms with Gasteiger partial charge >= 0.3 is 5.97 Å². The standard InChI is InChI=1S/C18H28Cl2O5Si/c1-16(2,3)26(5,6)24-11-18-10-9-17(25-18,8-7-12(21)23-4)14(19)13(22)15(18)20/h9-10,14-15H,7-8,11H2,1-6H3/t14-,15+,17-,18-/m1/s1. The van der Waals surface area contributed by atoms with Gasteiger partial charge < -0.3 is 13.9 Å². The molecule has 0 radical (unpaired) electrons. The van der Waals surface area contributed by atoms with E-state index in [4.69, 9.17) is 37.1 Å². The minimum absolute atomic E-state index is 0.0173. The summed E-state index contributed by atoms with van der Waals surface area (Å²) in [5.74, 6) is -0.677. The molecule has 0 aliphatic carbocycles. The van der Waals surface area contributed by atoms with Crippen molar-refractivity contribution in [2.45, 2.75) is 73.7 Å². The van der Waals surface area contributed by atoms with E-state index in [0.29, 0.717) is 0 Å². The quantitative estimate of drug-likeness (QED) is 0.281. The number of carbonyl (C=O) groups excluding carboxylic acids is 2. The third kappa shape index (κ3) is 3.76. The monoisotopic (exact) mass is 422 g/mol. The van der Waals surface area contributed by atoms with E-state index in [1.807, 2.05) is 0 Å². The molecule has 1 saturated heterocycles. The fourth-order valence-corrected chi connectivity index (χ4v) is 4.65. The highest BCUT2D eigenvalue weighted by Crippen LogP contribution is 2.49. The first-order chi connectivity index (χ1) is 11.8. The number of carbonyl (C=O) groups is 2.